The summed E-state index contributed by atoms with van der Waals surface area (Å²) in [7, 11) is 0. The number of carbonyl (C=O) groups is 2. The maximum absolute atomic E-state index is 11.9. The normalized spacial score (nSPS) is 26.3. The quantitative estimate of drug-likeness (QED) is 0.772. The zero-order valence-electron chi connectivity index (χ0n) is 11.6. The Bertz CT molecular complexity index is 307. The van der Waals surface area contributed by atoms with Gasteiger partial charge in [0.05, 0.1) is 6.54 Å². The van der Waals surface area contributed by atoms with Crippen molar-refractivity contribution in [1.29, 1.82) is 0 Å². The molecule has 0 aliphatic carbocycles. The molecule has 0 bridgehead atoms. The van der Waals surface area contributed by atoms with Crippen LogP contribution in [0.1, 0.15) is 40.5 Å². The molecule has 0 aromatic heterocycles. The van der Waals surface area contributed by atoms with Gasteiger partial charge in [-0.15, -0.1) is 0 Å². The van der Waals surface area contributed by atoms with Gasteiger partial charge in [0.15, 0.2) is 0 Å². The van der Waals surface area contributed by atoms with E-state index in [1.165, 1.54) is 0 Å². The fraction of sp³-hybridized carbons (Fsp3) is 0.846. The minimum Gasteiger partial charge on any atom is -0.480 e. The summed E-state index contributed by atoms with van der Waals surface area (Å²) in [4.78, 5) is 25.0. The summed E-state index contributed by atoms with van der Waals surface area (Å²) >= 11 is 0. The third-order valence-corrected chi connectivity index (χ3v) is 3.71. The Labute approximate surface area is 109 Å². The minimum absolute atomic E-state index is 0.111. The summed E-state index contributed by atoms with van der Waals surface area (Å²) in [5.74, 6) is -1.28. The van der Waals surface area contributed by atoms with Crippen LogP contribution in [0.3, 0.4) is 0 Å². The molecule has 1 aliphatic heterocycles. The number of hydrogen-bond acceptors (Lipinski definition) is 3. The number of aliphatic carboxylic acids is 1. The minimum atomic E-state index is -0.971. The van der Waals surface area contributed by atoms with E-state index in [0.29, 0.717) is 18.6 Å². The summed E-state index contributed by atoms with van der Waals surface area (Å²) in [5, 5.41) is 11.6. The van der Waals surface area contributed by atoms with E-state index in [1.54, 1.807) is 13.8 Å². The highest BCUT2D eigenvalue weighted by Gasteiger charge is 2.30. The molecule has 1 amide bonds. The average molecular weight is 256 g/mol. The number of carbonyl (C=O) groups excluding carboxylic acids is 1. The maximum Gasteiger partial charge on any atom is 0.326 e. The second-order valence-electron chi connectivity index (χ2n) is 5.58. The Balaban J connectivity index is 2.52. The highest BCUT2D eigenvalue weighted by atomic mass is 16.4. The van der Waals surface area contributed by atoms with Crippen LogP contribution >= 0.6 is 0 Å². The third-order valence-electron chi connectivity index (χ3n) is 3.71. The van der Waals surface area contributed by atoms with Crippen molar-refractivity contribution in [3.8, 4) is 0 Å². The average Bonchev–Trinajstić information content (AvgIpc) is 2.56. The van der Waals surface area contributed by atoms with Gasteiger partial charge in [-0.2, -0.15) is 0 Å². The number of amides is 1. The SMILES string of the molecule is CC(C)[C@H](NC(=O)CN1C(C)CCC1C)C(=O)O. The monoisotopic (exact) mass is 256 g/mol. The third kappa shape index (κ3) is 3.70. The van der Waals surface area contributed by atoms with E-state index < -0.39 is 12.0 Å². The highest BCUT2D eigenvalue weighted by molar-refractivity contribution is 5.84. The molecule has 0 saturated carbocycles. The molecule has 5 nitrogen and oxygen atoms in total. The summed E-state index contributed by atoms with van der Waals surface area (Å²) in [5.41, 5.74) is 0. The predicted octanol–water partition coefficient (Wildman–Crippen LogP) is 1.08. The van der Waals surface area contributed by atoms with Crippen molar-refractivity contribution in [3.63, 3.8) is 0 Å². The fourth-order valence-corrected chi connectivity index (χ4v) is 2.46. The van der Waals surface area contributed by atoms with Crippen molar-refractivity contribution in [2.24, 2.45) is 5.92 Å². The number of rotatable bonds is 5. The molecule has 5 heteroatoms. The summed E-state index contributed by atoms with van der Waals surface area (Å²) in [6.45, 7) is 8.08. The molecular formula is C13H24N2O3. The van der Waals surface area contributed by atoms with Crippen LogP contribution in [-0.2, 0) is 9.59 Å². The molecule has 0 radical (unpaired) electrons. The summed E-state index contributed by atoms with van der Waals surface area (Å²) in [6.07, 6.45) is 2.20. The number of nitrogens with zero attached hydrogens (tertiary/aromatic N) is 1. The molecule has 1 heterocycles. The van der Waals surface area contributed by atoms with Crippen molar-refractivity contribution in [2.45, 2.75) is 58.7 Å². The first-order valence-corrected chi connectivity index (χ1v) is 6.60. The predicted molar refractivity (Wildman–Crippen MR) is 69.3 cm³/mol. The number of hydrogen-bond donors (Lipinski definition) is 2. The van der Waals surface area contributed by atoms with Crippen molar-refractivity contribution in [2.75, 3.05) is 6.54 Å². The van der Waals surface area contributed by atoms with Gasteiger partial charge in [-0.1, -0.05) is 13.8 Å². The van der Waals surface area contributed by atoms with Crippen LogP contribution in [0.2, 0.25) is 0 Å². The van der Waals surface area contributed by atoms with Crippen molar-refractivity contribution in [1.82, 2.24) is 10.2 Å². The number of nitrogens with one attached hydrogen (secondary N) is 1. The zero-order valence-corrected chi connectivity index (χ0v) is 11.6. The van der Waals surface area contributed by atoms with Crippen molar-refractivity contribution < 1.29 is 14.7 Å². The van der Waals surface area contributed by atoms with E-state index in [4.69, 9.17) is 5.11 Å². The van der Waals surface area contributed by atoms with E-state index in [0.717, 1.165) is 12.8 Å². The molecule has 1 fully saturated rings. The first-order chi connectivity index (χ1) is 8.32. The molecule has 2 N–H and O–H groups in total. The lowest BCUT2D eigenvalue weighted by Gasteiger charge is -2.26. The molecule has 0 aromatic carbocycles. The maximum atomic E-state index is 11.9. The first kappa shape index (κ1) is 15.0. The van der Waals surface area contributed by atoms with Crippen LogP contribution in [0, 0.1) is 5.92 Å². The smallest absolute Gasteiger partial charge is 0.326 e. The van der Waals surface area contributed by atoms with E-state index in [1.807, 2.05) is 0 Å². The Morgan fingerprint density at radius 1 is 1.28 bits per heavy atom. The van der Waals surface area contributed by atoms with Gasteiger partial charge in [0.25, 0.3) is 0 Å². The van der Waals surface area contributed by atoms with Crippen LogP contribution < -0.4 is 5.32 Å². The van der Waals surface area contributed by atoms with Crippen LogP contribution in [0.4, 0.5) is 0 Å². The Morgan fingerprint density at radius 2 is 1.78 bits per heavy atom. The molecular weight excluding hydrogens is 232 g/mol. The van der Waals surface area contributed by atoms with Gasteiger partial charge in [0.2, 0.25) is 5.91 Å². The molecule has 1 aliphatic rings. The van der Waals surface area contributed by atoms with E-state index in [-0.39, 0.29) is 11.8 Å². The zero-order chi connectivity index (χ0) is 13.9. The first-order valence-electron chi connectivity index (χ1n) is 6.60. The van der Waals surface area contributed by atoms with Gasteiger partial charge < -0.3 is 10.4 Å². The topological polar surface area (TPSA) is 69.6 Å². The fourth-order valence-electron chi connectivity index (χ4n) is 2.46. The van der Waals surface area contributed by atoms with E-state index >= 15 is 0 Å². The van der Waals surface area contributed by atoms with Crippen molar-refractivity contribution in [3.05, 3.63) is 0 Å². The molecule has 1 rings (SSSR count). The van der Waals surface area contributed by atoms with Crippen LogP contribution in [0.15, 0.2) is 0 Å². The Morgan fingerprint density at radius 3 is 2.17 bits per heavy atom. The highest BCUT2D eigenvalue weighted by Crippen LogP contribution is 2.22. The van der Waals surface area contributed by atoms with Crippen LogP contribution in [0.25, 0.3) is 0 Å². The molecule has 3 atom stereocenters. The number of carboxylic acids is 1. The van der Waals surface area contributed by atoms with Crippen LogP contribution in [0.5, 0.6) is 0 Å². The summed E-state index contributed by atoms with van der Waals surface area (Å²) in [6, 6.07) is -0.00753. The molecule has 0 spiro atoms. The second-order valence-corrected chi connectivity index (χ2v) is 5.58. The second kappa shape index (κ2) is 6.18. The van der Waals surface area contributed by atoms with Gasteiger partial charge in [-0.3, -0.25) is 9.69 Å². The van der Waals surface area contributed by atoms with Gasteiger partial charge in [-0.25, -0.2) is 4.79 Å². The molecule has 104 valence electrons. The largest absolute Gasteiger partial charge is 0.480 e. The molecule has 0 aromatic rings. The molecule has 1 saturated heterocycles. The Kier molecular flexibility index (Phi) is 5.14. The van der Waals surface area contributed by atoms with Gasteiger partial charge in [0, 0.05) is 12.1 Å². The van der Waals surface area contributed by atoms with Crippen LogP contribution in [-0.4, -0.2) is 46.6 Å². The lowest BCUT2D eigenvalue weighted by molar-refractivity contribution is -0.143. The summed E-state index contributed by atoms with van der Waals surface area (Å²) < 4.78 is 0. The molecule has 18 heavy (non-hydrogen) atoms. The van der Waals surface area contributed by atoms with Gasteiger partial charge >= 0.3 is 5.97 Å². The van der Waals surface area contributed by atoms with Crippen molar-refractivity contribution >= 4 is 11.9 Å². The van der Waals surface area contributed by atoms with Gasteiger partial charge in [0.1, 0.15) is 6.04 Å². The lowest BCUT2D eigenvalue weighted by Crippen LogP contribution is -2.49. The molecule has 2 unspecified atom stereocenters. The lowest BCUT2D eigenvalue weighted by atomic mass is 10.0. The Hall–Kier alpha value is -1.10. The number of likely N-dealkylation sites (tertiary alicyclic amines) is 1. The standard InChI is InChI=1S/C13H24N2O3/c1-8(2)12(13(17)18)14-11(16)7-15-9(3)5-6-10(15)4/h8-10,12H,5-7H2,1-4H3,(H,14,16)(H,17,18)/t9?,10?,12-/m0/s1. The number of carboxylic acid groups (broad SMARTS) is 1. The van der Waals surface area contributed by atoms with E-state index in [9.17, 15) is 9.59 Å². The van der Waals surface area contributed by atoms with E-state index in [2.05, 4.69) is 24.1 Å². The van der Waals surface area contributed by atoms with Gasteiger partial charge in [-0.05, 0) is 32.6 Å².